The Labute approximate surface area is 295 Å². The molecule has 0 spiro atoms. The summed E-state index contributed by atoms with van der Waals surface area (Å²) in [4.78, 5) is 10.9. The van der Waals surface area contributed by atoms with Gasteiger partial charge in [0.1, 0.15) is 5.75 Å². The van der Waals surface area contributed by atoms with Gasteiger partial charge in [0.2, 0.25) is 5.96 Å². The van der Waals surface area contributed by atoms with Gasteiger partial charge in [0.15, 0.2) is 12.1 Å². The van der Waals surface area contributed by atoms with Crippen molar-refractivity contribution in [3.8, 4) is 5.75 Å². The summed E-state index contributed by atoms with van der Waals surface area (Å²) in [5, 5.41) is 4.43. The molecule has 1 atom stereocenters. The van der Waals surface area contributed by atoms with Crippen molar-refractivity contribution in [3.05, 3.63) is 121 Å². The summed E-state index contributed by atoms with van der Waals surface area (Å²) >= 11 is 4.59. The molecule has 0 saturated carbocycles. The van der Waals surface area contributed by atoms with Gasteiger partial charge in [-0.05, 0) is 17.7 Å². The van der Waals surface area contributed by atoms with Crippen LogP contribution in [0.25, 0.3) is 0 Å². The van der Waals surface area contributed by atoms with E-state index in [2.05, 4.69) is 122 Å². The monoisotopic (exact) mass is 727 g/mol. The molecule has 1 unspecified atom stereocenters. The fourth-order valence-corrected chi connectivity index (χ4v) is 14.3. The predicted octanol–water partition coefficient (Wildman–Crippen LogP) is 8.25. The number of benzene rings is 4. The first kappa shape index (κ1) is 35.6. The Balaban J connectivity index is 1.02. The molecule has 0 radical (unpaired) electrons. The number of aliphatic imine (C=N–C) groups is 2. The number of guanidine groups is 2. The van der Waals surface area contributed by atoms with Crippen LogP contribution in [0.15, 0.2) is 125 Å². The molecule has 8 heteroatoms. The van der Waals surface area contributed by atoms with E-state index < -0.39 is 5.31 Å². The van der Waals surface area contributed by atoms with E-state index >= 15 is 0 Å². The van der Waals surface area contributed by atoms with Crippen molar-refractivity contribution >= 4 is 48.6 Å². The van der Waals surface area contributed by atoms with Crippen molar-refractivity contribution in [2.75, 3.05) is 26.9 Å². The average Bonchev–Trinajstić information content (AvgIpc) is 3.13. The van der Waals surface area contributed by atoms with Crippen LogP contribution in [0.2, 0.25) is 0 Å². The molecule has 1 aliphatic rings. The summed E-state index contributed by atoms with van der Waals surface area (Å²) < 4.78 is 6.01. The molecule has 0 fully saturated rings. The minimum absolute atomic E-state index is 0.341. The van der Waals surface area contributed by atoms with Crippen molar-refractivity contribution < 1.29 is 4.74 Å². The molecule has 1 aliphatic heterocycles. The Morgan fingerprint density at radius 3 is 1.58 bits per heavy atom. The van der Waals surface area contributed by atoms with Gasteiger partial charge in [-0.3, -0.25) is 5.32 Å². The minimum Gasteiger partial charge on any atom is -0.370 e. The fraction of sp³-hybridized carbons (Fsp3) is 0.350. The van der Waals surface area contributed by atoms with Crippen molar-refractivity contribution in [1.29, 1.82) is 0 Å². The summed E-state index contributed by atoms with van der Waals surface area (Å²) in [6.07, 6.45) is 12.0. The van der Waals surface area contributed by atoms with Gasteiger partial charge in [-0.15, -0.1) is 0 Å². The number of hydrogen-bond acceptors (Lipinski definition) is 6. The molecular formula is C40H51BrN5OP. The van der Waals surface area contributed by atoms with Crippen LogP contribution >= 0.6 is 20.8 Å². The molecule has 3 N–H and O–H groups in total. The van der Waals surface area contributed by atoms with Gasteiger partial charge in [-0.1, -0.05) is 12.1 Å². The quantitative estimate of drug-likeness (QED) is 0.0849. The van der Waals surface area contributed by atoms with E-state index in [0.717, 1.165) is 30.5 Å². The minimum atomic E-state index is -2.80. The molecule has 0 bridgehead atoms. The second kappa shape index (κ2) is 17.1. The second-order valence-corrected chi connectivity index (χ2v) is 21.9. The number of halogens is 1. The first-order valence-electron chi connectivity index (χ1n) is 17.4. The summed E-state index contributed by atoms with van der Waals surface area (Å²) in [6.45, 7) is 0.740. The third-order valence-corrected chi connectivity index (χ3v) is 19.3. The zero-order chi connectivity index (χ0) is 33.7. The van der Waals surface area contributed by atoms with Gasteiger partial charge < -0.3 is 10.6 Å². The van der Waals surface area contributed by atoms with E-state index in [1.807, 2.05) is 43.3 Å². The second-order valence-electron chi connectivity index (χ2n) is 12.9. The number of hydrogen-bond donors (Lipinski definition) is 2. The number of nitrogens with zero attached hydrogens (tertiary/aromatic N) is 3. The van der Waals surface area contributed by atoms with Crippen LogP contribution in [-0.4, -0.2) is 43.7 Å². The van der Waals surface area contributed by atoms with Gasteiger partial charge in [0.25, 0.3) is 0 Å². The molecule has 6 nitrogen and oxygen atoms in total. The van der Waals surface area contributed by atoms with E-state index in [4.69, 9.17) is 10.5 Å². The maximum atomic E-state index is 6.01. The summed E-state index contributed by atoms with van der Waals surface area (Å²) in [5.74, 6) is 1.96. The molecule has 0 aliphatic carbocycles. The van der Waals surface area contributed by atoms with Gasteiger partial charge in [-0.2, -0.15) is 0 Å². The maximum Gasteiger partial charge on any atom is 0.197 e. The molecule has 0 amide bonds. The van der Waals surface area contributed by atoms with Gasteiger partial charge >= 0.3 is 203 Å². The van der Waals surface area contributed by atoms with Crippen LogP contribution in [-0.2, 0) is 0 Å². The molecule has 5 rings (SSSR count). The number of ether oxygens (including phenoxy) is 1. The van der Waals surface area contributed by atoms with E-state index in [9.17, 15) is 0 Å². The van der Waals surface area contributed by atoms with Crippen LogP contribution < -0.4 is 31.7 Å². The van der Waals surface area contributed by atoms with E-state index in [1.54, 1.807) is 0 Å². The summed E-state index contributed by atoms with van der Waals surface area (Å²) in [7, 11) is 3.85. The Morgan fingerprint density at radius 2 is 1.10 bits per heavy atom. The normalized spacial score (nSPS) is 15.4. The van der Waals surface area contributed by atoms with Gasteiger partial charge in [-0.25, -0.2) is 9.98 Å². The van der Waals surface area contributed by atoms with Gasteiger partial charge in [0, 0.05) is 14.1 Å². The molecule has 1 heterocycles. The van der Waals surface area contributed by atoms with Gasteiger partial charge in [0.05, 0.1) is 0 Å². The Kier molecular flexibility index (Phi) is 12.7. The first-order valence-corrected chi connectivity index (χ1v) is 21.8. The smallest absolute Gasteiger partial charge is 0.197 e. The van der Waals surface area contributed by atoms with Crippen molar-refractivity contribution in [3.63, 3.8) is 0 Å². The standard InChI is InChI=1S/C40H51BrN5OP/c1-46(2)40-44-38(43-39(42)45-40)33-27-29-34(30-28-33)47-31-19-8-6-4-3-5-7-9-20-32-48(41,35-21-13-10-14-22-35,36-23-15-11-16-24-36)37-25-17-12-18-26-37/h10-18,21-30,38H,3-9,19-20,31-32H2,1-2H3,(H3,42,43,44,45). The number of unbranched alkanes of at least 4 members (excludes halogenated alkanes) is 8. The average molecular weight is 729 g/mol. The molecule has 254 valence electrons. The largest absolute Gasteiger partial charge is 0.370 e. The summed E-state index contributed by atoms with van der Waals surface area (Å²) in [6, 6.07) is 41.5. The SMILES string of the molecule is CN(C)C1=NC(c2ccc(OCCCCCCCCCCCP(Br)(c3ccccc3)(c3ccccc3)c3ccccc3)cc2)N=C(N)N1. The van der Waals surface area contributed by atoms with Crippen LogP contribution in [0.1, 0.15) is 69.5 Å². The molecular weight excluding hydrogens is 677 g/mol. The molecule has 4 aromatic carbocycles. The van der Waals surface area contributed by atoms with Crippen LogP contribution in [0.4, 0.5) is 0 Å². The topological polar surface area (TPSA) is 75.2 Å². The Morgan fingerprint density at radius 1 is 0.646 bits per heavy atom. The Hall–Kier alpha value is -3.67. The number of nitrogens with two attached hydrogens (primary N) is 1. The maximum absolute atomic E-state index is 6.01. The zero-order valence-electron chi connectivity index (χ0n) is 28.5. The number of rotatable bonds is 17. The van der Waals surface area contributed by atoms with Crippen LogP contribution in [0, 0.1) is 0 Å². The van der Waals surface area contributed by atoms with Crippen LogP contribution in [0.3, 0.4) is 0 Å². The van der Waals surface area contributed by atoms with E-state index in [-0.39, 0.29) is 6.17 Å². The Bertz CT molecular complexity index is 1510. The third kappa shape index (κ3) is 8.67. The van der Waals surface area contributed by atoms with E-state index in [1.165, 1.54) is 67.3 Å². The third-order valence-electron chi connectivity index (χ3n) is 9.22. The molecule has 48 heavy (non-hydrogen) atoms. The zero-order valence-corrected chi connectivity index (χ0v) is 31.0. The van der Waals surface area contributed by atoms with Crippen molar-refractivity contribution in [2.24, 2.45) is 15.7 Å². The predicted molar refractivity (Wildman–Crippen MR) is 211 cm³/mol. The van der Waals surface area contributed by atoms with Crippen molar-refractivity contribution in [2.45, 2.75) is 64.0 Å². The molecule has 4 aromatic rings. The van der Waals surface area contributed by atoms with Crippen LogP contribution in [0.5, 0.6) is 5.75 Å². The fourth-order valence-electron chi connectivity index (χ4n) is 6.56. The molecule has 0 aromatic heterocycles. The molecule has 0 saturated heterocycles. The van der Waals surface area contributed by atoms with E-state index in [0.29, 0.717) is 11.9 Å². The summed E-state index contributed by atoms with van der Waals surface area (Å²) in [5.41, 5.74) is 6.94. The van der Waals surface area contributed by atoms with Crippen molar-refractivity contribution in [1.82, 2.24) is 10.2 Å². The first-order chi connectivity index (χ1) is 23.4. The number of nitrogens with one attached hydrogen (secondary N) is 1.